The van der Waals surface area contributed by atoms with Crippen molar-refractivity contribution >= 4 is 59.9 Å². The molecule has 0 aromatic carbocycles. The summed E-state index contributed by atoms with van der Waals surface area (Å²) in [6.45, 7) is 12.6. The van der Waals surface area contributed by atoms with Crippen LogP contribution in [-0.4, -0.2) is 71.7 Å². The second kappa shape index (κ2) is 42.0. The molecule has 0 amide bonds. The minimum atomic E-state index is -1.30. The number of ether oxygens (including phenoxy) is 2. The first-order valence-electron chi connectivity index (χ1n) is 23.4. The third-order valence-electron chi connectivity index (χ3n) is 11.6. The Morgan fingerprint density at radius 1 is 0.500 bits per heavy atom. The Morgan fingerprint density at radius 3 is 1.22 bits per heavy atom. The summed E-state index contributed by atoms with van der Waals surface area (Å²) in [5, 5.41) is 25.7. The molecule has 0 heterocycles. The summed E-state index contributed by atoms with van der Waals surface area (Å²) in [6, 6.07) is 0. The highest BCUT2D eigenvalue weighted by Gasteiger charge is 2.59. The molecule has 0 saturated heterocycles. The summed E-state index contributed by atoms with van der Waals surface area (Å²) in [6.07, 6.45) is 40.7. The fourth-order valence-corrected chi connectivity index (χ4v) is 7.40. The quantitative estimate of drug-likeness (QED) is 0.0207. The molecule has 346 valence electrons. The zero-order chi connectivity index (χ0) is 41.6. The van der Waals surface area contributed by atoms with Crippen LogP contribution in [0, 0.1) is 0 Å². The van der Waals surface area contributed by atoms with Crippen molar-refractivity contribution in [3.63, 3.8) is 0 Å². The predicted molar refractivity (Wildman–Crippen MR) is 268 cm³/mol. The van der Waals surface area contributed by atoms with E-state index in [1.165, 1.54) is 103 Å². The van der Waals surface area contributed by atoms with Crippen LogP contribution in [0.5, 0.6) is 0 Å². The van der Waals surface area contributed by atoms with Gasteiger partial charge in [0.1, 0.15) is 0 Å². The van der Waals surface area contributed by atoms with E-state index < -0.39 is 16.7 Å². The summed E-state index contributed by atoms with van der Waals surface area (Å²) < 4.78 is 12.7. The van der Waals surface area contributed by atoms with Gasteiger partial charge >= 0.3 is 11.9 Å². The Labute approximate surface area is 392 Å². The molecule has 0 fully saturated rings. The molecule has 0 aromatic rings. The maximum Gasteiger partial charge on any atom is 0.306 e. The lowest BCUT2D eigenvalue weighted by Crippen LogP contribution is -2.73. The zero-order valence-electron chi connectivity index (χ0n) is 38.5. The molecule has 0 rings (SSSR count). The van der Waals surface area contributed by atoms with Crippen LogP contribution in [0.15, 0.2) is 24.3 Å². The van der Waals surface area contributed by atoms with Crippen molar-refractivity contribution in [1.82, 2.24) is 10.6 Å². The molecule has 0 bridgehead atoms. The topological polar surface area (TPSA) is 117 Å². The molecule has 0 radical (unpaired) electrons. The highest BCUT2D eigenvalue weighted by Crippen LogP contribution is 2.40. The van der Waals surface area contributed by atoms with Gasteiger partial charge in [0.25, 0.3) is 0 Å². The van der Waals surface area contributed by atoms with Crippen LogP contribution in [0.2, 0.25) is 0 Å². The molecule has 0 aliphatic rings. The van der Waals surface area contributed by atoms with Crippen LogP contribution in [0.3, 0.4) is 0 Å². The molecule has 0 aliphatic carbocycles. The summed E-state index contributed by atoms with van der Waals surface area (Å²) >= 11 is 0. The molecule has 2 atom stereocenters. The lowest BCUT2D eigenvalue weighted by atomic mass is 9.71. The highest BCUT2D eigenvalue weighted by atomic mass is 127. The van der Waals surface area contributed by atoms with Crippen molar-refractivity contribution in [2.75, 3.05) is 32.8 Å². The van der Waals surface area contributed by atoms with E-state index >= 15 is 0 Å². The van der Waals surface area contributed by atoms with E-state index in [4.69, 9.17) is 9.47 Å². The number of unbranched alkanes of at least 4 members (excludes halogenated alkanes) is 22. The van der Waals surface area contributed by atoms with Crippen molar-refractivity contribution < 1.29 is 29.3 Å². The Morgan fingerprint density at radius 2 is 0.845 bits per heavy atom. The van der Waals surface area contributed by atoms with Crippen LogP contribution in [0.1, 0.15) is 221 Å². The number of β-amino-alcohol motifs (C(OH)–C–C–N with tert-alkyl or cyclic N) is 1. The highest BCUT2D eigenvalue weighted by molar-refractivity contribution is 14.0. The minimum absolute atomic E-state index is 0. The maximum atomic E-state index is 13.5. The lowest BCUT2D eigenvalue weighted by molar-refractivity contribution is -0.223. The van der Waals surface area contributed by atoms with Gasteiger partial charge in [-0.25, -0.2) is 0 Å². The monoisotopic (exact) mass is 1050 g/mol. The van der Waals surface area contributed by atoms with Gasteiger partial charge in [-0.05, 0) is 91.9 Å². The number of allylic oxidation sites excluding steroid dienone is 4. The molecule has 0 aliphatic heterocycles. The van der Waals surface area contributed by atoms with Crippen molar-refractivity contribution in [3.8, 4) is 0 Å². The normalized spacial score (nSPS) is 13.9. The molecule has 0 spiro atoms. The molecule has 4 N–H and O–H groups in total. The number of aliphatic hydroxyl groups excluding tert-OH is 2. The van der Waals surface area contributed by atoms with E-state index in [2.05, 4.69) is 48.8 Å². The maximum absolute atomic E-state index is 13.5. The zero-order valence-corrected chi connectivity index (χ0v) is 43.1. The number of esters is 2. The molecule has 0 saturated carbocycles. The van der Waals surface area contributed by atoms with Gasteiger partial charge in [-0.1, -0.05) is 141 Å². The van der Waals surface area contributed by atoms with Gasteiger partial charge in [0.05, 0.1) is 18.8 Å². The third-order valence-corrected chi connectivity index (χ3v) is 11.6. The number of hydrogen-bond donors (Lipinski definition) is 4. The average Bonchev–Trinajstić information content (AvgIpc) is 3.17. The Bertz CT molecular complexity index is 997. The van der Waals surface area contributed by atoms with Crippen molar-refractivity contribution in [2.45, 2.75) is 238 Å². The van der Waals surface area contributed by atoms with Crippen molar-refractivity contribution in [2.24, 2.45) is 0 Å². The van der Waals surface area contributed by atoms with Crippen LogP contribution >= 0.6 is 48.0 Å². The van der Waals surface area contributed by atoms with Crippen molar-refractivity contribution in [1.29, 1.82) is 0 Å². The third kappa shape index (κ3) is 31.5. The van der Waals surface area contributed by atoms with Gasteiger partial charge in [-0.3, -0.25) is 9.59 Å². The second-order valence-corrected chi connectivity index (χ2v) is 17.1. The average molecular weight is 1050 g/mol. The molecule has 2 unspecified atom stereocenters. The molecular weight excluding hydrogens is 954 g/mol. The largest absolute Gasteiger partial charge is 0.454 e. The number of nitrogens with one attached hydrogen (secondary N) is 2. The van der Waals surface area contributed by atoms with Gasteiger partial charge in [-0.15, -0.1) is 48.0 Å². The van der Waals surface area contributed by atoms with Crippen LogP contribution < -0.4 is 10.6 Å². The lowest BCUT2D eigenvalue weighted by Gasteiger charge is -2.53. The van der Waals surface area contributed by atoms with E-state index in [0.29, 0.717) is 6.54 Å². The van der Waals surface area contributed by atoms with E-state index in [0.717, 1.165) is 64.2 Å². The standard InChI is InChI=1S/C48H92N2O6.2HI/c1-7-9-11-13-15-17-19-21-23-25-27-29-31-33-35-37-44(53)55-47(5,43-49-39-41-51)48(6,46(3,4)50-40-42-52)56-45(54)38-36-34-32-30-28-26-24-22-20-18-16-14-12-10-8-2;;/h21-24,49-52H,7-20,25-43H2,1-6H3;2*1H/b23-21-,24-22-;;. The molecule has 0 aromatic heterocycles. The number of carbonyl (C=O) groups excluding carboxylic acids is 2. The summed E-state index contributed by atoms with van der Waals surface area (Å²) in [4.78, 5) is 26.9. The van der Waals surface area contributed by atoms with Crippen molar-refractivity contribution in [3.05, 3.63) is 24.3 Å². The summed E-state index contributed by atoms with van der Waals surface area (Å²) in [7, 11) is 0. The first kappa shape index (κ1) is 62.0. The van der Waals surface area contributed by atoms with Gasteiger partial charge < -0.3 is 30.3 Å². The van der Waals surface area contributed by atoms with Crippen LogP contribution in [0.4, 0.5) is 0 Å². The number of carbonyl (C=O) groups is 2. The van der Waals surface area contributed by atoms with Gasteiger partial charge in [0, 0.05) is 32.5 Å². The molecular formula is C48H94I2N2O6. The second-order valence-electron chi connectivity index (χ2n) is 17.1. The fraction of sp³-hybridized carbons (Fsp3) is 0.875. The van der Waals surface area contributed by atoms with Crippen LogP contribution in [-0.2, 0) is 19.1 Å². The van der Waals surface area contributed by atoms with E-state index in [1.807, 2.05) is 27.7 Å². The molecule has 10 heteroatoms. The Hall–Kier alpha value is -0.280. The number of aliphatic hydroxyl groups is 2. The van der Waals surface area contributed by atoms with E-state index in [-0.39, 0.29) is 99.0 Å². The summed E-state index contributed by atoms with van der Waals surface area (Å²) in [5.41, 5.74) is -3.42. The van der Waals surface area contributed by atoms with Gasteiger partial charge in [0.15, 0.2) is 11.2 Å². The molecule has 58 heavy (non-hydrogen) atoms. The first-order chi connectivity index (χ1) is 27.0. The van der Waals surface area contributed by atoms with E-state index in [9.17, 15) is 19.8 Å². The Kier molecular flexibility index (Phi) is 45.0. The smallest absolute Gasteiger partial charge is 0.306 e. The van der Waals surface area contributed by atoms with Gasteiger partial charge in [0.2, 0.25) is 0 Å². The Balaban J connectivity index is -0.0000151. The number of hydrogen-bond acceptors (Lipinski definition) is 8. The fourth-order valence-electron chi connectivity index (χ4n) is 7.40. The SMILES string of the molecule is CCCCCCCC/C=C\CCCCCCCC(=O)OC(C)(CNCCO)C(C)(OC(=O)CCCCCCC/C=C\CCCCCCCC)C(C)(C)NCCO.I.I. The van der Waals surface area contributed by atoms with E-state index in [1.54, 1.807) is 0 Å². The molecule has 8 nitrogen and oxygen atoms in total. The summed E-state index contributed by atoms with van der Waals surface area (Å²) in [5.74, 6) is -0.654. The predicted octanol–water partition coefficient (Wildman–Crippen LogP) is 12.8. The van der Waals surface area contributed by atoms with Gasteiger partial charge in [-0.2, -0.15) is 0 Å². The van der Waals surface area contributed by atoms with Crippen LogP contribution in [0.25, 0.3) is 0 Å². The number of rotatable bonds is 41. The first-order valence-corrected chi connectivity index (χ1v) is 23.4. The number of halogens is 2. The minimum Gasteiger partial charge on any atom is -0.454 e.